The fraction of sp³-hybridized carbons (Fsp3) is 0.227. The van der Waals surface area contributed by atoms with Crippen LogP contribution in [-0.2, 0) is 13.0 Å². The van der Waals surface area contributed by atoms with E-state index in [1.807, 2.05) is 37.3 Å². The molecule has 0 saturated carbocycles. The summed E-state index contributed by atoms with van der Waals surface area (Å²) < 4.78 is 5.50. The largest absolute Gasteiger partial charge is 0.494 e. The average molecular weight is 397 g/mol. The molecule has 0 bridgehead atoms. The highest BCUT2D eigenvalue weighted by atomic mass is 32.1. The van der Waals surface area contributed by atoms with Gasteiger partial charge in [-0.3, -0.25) is 0 Å². The number of nitrogens with zero attached hydrogens (tertiary/aromatic N) is 1. The molecule has 1 aromatic heterocycles. The van der Waals surface area contributed by atoms with E-state index in [0.29, 0.717) is 6.61 Å². The number of anilines is 1. The van der Waals surface area contributed by atoms with Gasteiger partial charge in [0, 0.05) is 17.1 Å². The standard InChI is InChI=1S/C22H24N2OS2/c1-2-25-20-12-10-19(11-13-20)23-22(26)24(17-21-9-6-16-27-21)15-14-18-7-4-3-5-8-18/h3-13,16H,2,14-15,17H2,1H3,(H,23,26). The third-order valence-corrected chi connectivity index (χ3v) is 5.37. The highest BCUT2D eigenvalue weighted by Gasteiger charge is 2.12. The minimum absolute atomic E-state index is 0.666. The highest BCUT2D eigenvalue weighted by Crippen LogP contribution is 2.18. The van der Waals surface area contributed by atoms with Crippen molar-refractivity contribution in [1.82, 2.24) is 4.90 Å². The lowest BCUT2D eigenvalue weighted by Gasteiger charge is -2.25. The summed E-state index contributed by atoms with van der Waals surface area (Å²) in [4.78, 5) is 3.53. The van der Waals surface area contributed by atoms with Crippen LogP contribution in [0.1, 0.15) is 17.4 Å². The van der Waals surface area contributed by atoms with Crippen molar-refractivity contribution in [2.24, 2.45) is 0 Å². The summed E-state index contributed by atoms with van der Waals surface area (Å²) in [6.45, 7) is 4.33. The van der Waals surface area contributed by atoms with Crippen LogP contribution in [-0.4, -0.2) is 23.2 Å². The molecular formula is C22H24N2OS2. The maximum atomic E-state index is 5.72. The zero-order chi connectivity index (χ0) is 18.9. The first kappa shape index (κ1) is 19.4. The van der Waals surface area contributed by atoms with E-state index in [4.69, 9.17) is 17.0 Å². The summed E-state index contributed by atoms with van der Waals surface area (Å²) in [7, 11) is 0. The summed E-state index contributed by atoms with van der Waals surface area (Å²) in [5, 5.41) is 6.21. The first-order valence-electron chi connectivity index (χ1n) is 9.09. The maximum Gasteiger partial charge on any atom is 0.173 e. The van der Waals surface area contributed by atoms with E-state index in [0.717, 1.165) is 36.1 Å². The topological polar surface area (TPSA) is 24.5 Å². The van der Waals surface area contributed by atoms with Gasteiger partial charge in [-0.15, -0.1) is 11.3 Å². The summed E-state index contributed by atoms with van der Waals surface area (Å²) in [5.74, 6) is 0.869. The molecular weight excluding hydrogens is 372 g/mol. The number of ether oxygens (including phenoxy) is 1. The van der Waals surface area contributed by atoms with E-state index < -0.39 is 0 Å². The van der Waals surface area contributed by atoms with Crippen molar-refractivity contribution >= 4 is 34.4 Å². The molecule has 0 aliphatic heterocycles. The van der Waals surface area contributed by atoms with Gasteiger partial charge in [0.2, 0.25) is 0 Å². The predicted molar refractivity (Wildman–Crippen MR) is 119 cm³/mol. The molecule has 0 aliphatic carbocycles. The van der Waals surface area contributed by atoms with Crippen LogP contribution >= 0.6 is 23.6 Å². The first-order valence-corrected chi connectivity index (χ1v) is 10.4. The van der Waals surface area contributed by atoms with Crippen LogP contribution in [0.4, 0.5) is 5.69 Å². The van der Waals surface area contributed by atoms with Gasteiger partial charge in [-0.1, -0.05) is 36.4 Å². The van der Waals surface area contributed by atoms with Crippen LogP contribution in [0.3, 0.4) is 0 Å². The Morgan fingerprint density at radius 1 is 1.04 bits per heavy atom. The van der Waals surface area contributed by atoms with E-state index in [-0.39, 0.29) is 0 Å². The minimum Gasteiger partial charge on any atom is -0.494 e. The predicted octanol–water partition coefficient (Wildman–Crippen LogP) is 5.59. The third-order valence-electron chi connectivity index (χ3n) is 4.14. The van der Waals surface area contributed by atoms with Gasteiger partial charge >= 0.3 is 0 Å². The van der Waals surface area contributed by atoms with Crippen molar-refractivity contribution in [2.45, 2.75) is 19.9 Å². The number of thiophene rings is 1. The van der Waals surface area contributed by atoms with E-state index >= 15 is 0 Å². The molecule has 1 heterocycles. The normalized spacial score (nSPS) is 10.4. The number of rotatable bonds is 8. The molecule has 3 nitrogen and oxygen atoms in total. The third kappa shape index (κ3) is 6.08. The Hall–Kier alpha value is -2.37. The van der Waals surface area contributed by atoms with E-state index in [1.165, 1.54) is 10.4 Å². The number of thiocarbonyl (C=S) groups is 1. The minimum atomic E-state index is 0.666. The van der Waals surface area contributed by atoms with Crippen LogP contribution in [0, 0.1) is 0 Å². The Bertz CT molecular complexity index is 817. The molecule has 0 radical (unpaired) electrons. The second kappa shape index (κ2) is 10.1. The molecule has 0 atom stereocenters. The monoisotopic (exact) mass is 396 g/mol. The van der Waals surface area contributed by atoms with E-state index in [9.17, 15) is 0 Å². The van der Waals surface area contributed by atoms with Crippen molar-refractivity contribution in [3.05, 3.63) is 82.6 Å². The lowest BCUT2D eigenvalue weighted by Crippen LogP contribution is -2.35. The maximum absolute atomic E-state index is 5.72. The first-order chi connectivity index (χ1) is 13.2. The molecule has 27 heavy (non-hydrogen) atoms. The summed E-state index contributed by atoms with van der Waals surface area (Å²) in [6, 6.07) is 22.7. The molecule has 0 fully saturated rings. The van der Waals surface area contributed by atoms with Crippen molar-refractivity contribution < 1.29 is 4.74 Å². The Morgan fingerprint density at radius 2 is 1.81 bits per heavy atom. The fourth-order valence-electron chi connectivity index (χ4n) is 2.76. The molecule has 140 valence electrons. The molecule has 0 saturated heterocycles. The molecule has 3 rings (SSSR count). The highest BCUT2D eigenvalue weighted by molar-refractivity contribution is 7.80. The van der Waals surface area contributed by atoms with Gasteiger partial charge < -0.3 is 15.0 Å². The zero-order valence-electron chi connectivity index (χ0n) is 15.4. The van der Waals surface area contributed by atoms with Crippen LogP contribution in [0.5, 0.6) is 5.75 Å². The molecule has 0 aliphatic rings. The smallest absolute Gasteiger partial charge is 0.173 e. The van der Waals surface area contributed by atoms with Gasteiger partial charge in [0.25, 0.3) is 0 Å². The van der Waals surface area contributed by atoms with Crippen LogP contribution in [0.15, 0.2) is 72.1 Å². The Labute approximate surface area is 170 Å². The summed E-state index contributed by atoms with van der Waals surface area (Å²) >= 11 is 7.48. The van der Waals surface area contributed by atoms with Gasteiger partial charge in [-0.05, 0) is 66.8 Å². The van der Waals surface area contributed by atoms with Gasteiger partial charge in [-0.2, -0.15) is 0 Å². The molecule has 0 amide bonds. The molecule has 5 heteroatoms. The average Bonchev–Trinajstić information content (AvgIpc) is 3.21. The Morgan fingerprint density at radius 3 is 2.48 bits per heavy atom. The Kier molecular flexibility index (Phi) is 7.25. The van der Waals surface area contributed by atoms with Crippen molar-refractivity contribution in [2.75, 3.05) is 18.5 Å². The second-order valence-corrected chi connectivity index (χ2v) is 7.54. The zero-order valence-corrected chi connectivity index (χ0v) is 17.1. The van der Waals surface area contributed by atoms with Gasteiger partial charge in [0.1, 0.15) is 5.75 Å². The van der Waals surface area contributed by atoms with Crippen LogP contribution in [0.25, 0.3) is 0 Å². The second-order valence-electron chi connectivity index (χ2n) is 6.12. The van der Waals surface area contributed by atoms with Crippen molar-refractivity contribution in [1.29, 1.82) is 0 Å². The molecule has 2 aromatic carbocycles. The lowest BCUT2D eigenvalue weighted by atomic mass is 10.1. The fourth-order valence-corrected chi connectivity index (χ4v) is 3.75. The van der Waals surface area contributed by atoms with Gasteiger partial charge in [0.05, 0.1) is 13.2 Å². The number of hydrogen-bond acceptors (Lipinski definition) is 3. The molecule has 3 aromatic rings. The van der Waals surface area contributed by atoms with Crippen molar-refractivity contribution in [3.8, 4) is 5.75 Å². The molecule has 1 N–H and O–H groups in total. The molecule has 0 spiro atoms. The lowest BCUT2D eigenvalue weighted by molar-refractivity contribution is 0.340. The summed E-state index contributed by atoms with van der Waals surface area (Å²) in [6.07, 6.45) is 0.956. The van der Waals surface area contributed by atoms with Gasteiger partial charge in [0.15, 0.2) is 5.11 Å². The number of benzene rings is 2. The summed E-state index contributed by atoms with van der Waals surface area (Å²) in [5.41, 5.74) is 2.29. The van der Waals surface area contributed by atoms with E-state index in [2.05, 4.69) is 52.0 Å². The van der Waals surface area contributed by atoms with Crippen molar-refractivity contribution in [3.63, 3.8) is 0 Å². The SMILES string of the molecule is CCOc1ccc(NC(=S)N(CCc2ccccc2)Cc2cccs2)cc1. The Balaban J connectivity index is 1.65. The molecule has 0 unspecified atom stereocenters. The van der Waals surface area contributed by atoms with Gasteiger partial charge in [-0.25, -0.2) is 0 Å². The van der Waals surface area contributed by atoms with Crippen LogP contribution < -0.4 is 10.1 Å². The quantitative estimate of drug-likeness (QED) is 0.502. The van der Waals surface area contributed by atoms with Crippen LogP contribution in [0.2, 0.25) is 0 Å². The van der Waals surface area contributed by atoms with E-state index in [1.54, 1.807) is 11.3 Å². The number of hydrogen-bond donors (Lipinski definition) is 1. The number of nitrogens with one attached hydrogen (secondary N) is 1.